The number of rotatable bonds is 10. The van der Waals surface area contributed by atoms with E-state index in [4.69, 9.17) is 21.3 Å². The Morgan fingerprint density at radius 2 is 1.97 bits per heavy atom. The van der Waals surface area contributed by atoms with Gasteiger partial charge in [-0.05, 0) is 63.0 Å². The number of hydrogen-bond acceptors (Lipinski definition) is 7. The number of nitrogens with one attached hydrogen (secondary N) is 2. The van der Waals surface area contributed by atoms with Gasteiger partial charge in [0.15, 0.2) is 5.82 Å². The van der Waals surface area contributed by atoms with Gasteiger partial charge in [-0.1, -0.05) is 24.2 Å². The van der Waals surface area contributed by atoms with Crippen LogP contribution in [0, 0.1) is 6.92 Å². The monoisotopic (exact) mass is 533 g/mol. The maximum absolute atomic E-state index is 12.2. The molecule has 0 spiro atoms. The van der Waals surface area contributed by atoms with Gasteiger partial charge in [-0.2, -0.15) is 4.98 Å². The number of amides is 1. The molecule has 0 unspecified atom stereocenters. The molecule has 10 heteroatoms. The van der Waals surface area contributed by atoms with Crippen LogP contribution in [0.15, 0.2) is 61.4 Å². The lowest BCUT2D eigenvalue weighted by Gasteiger charge is -2.25. The molecule has 0 aliphatic rings. The van der Waals surface area contributed by atoms with E-state index < -0.39 is 0 Å². The average molecular weight is 534 g/mol. The van der Waals surface area contributed by atoms with Crippen molar-refractivity contribution in [2.24, 2.45) is 0 Å². The first-order valence-electron chi connectivity index (χ1n) is 12.1. The summed E-state index contributed by atoms with van der Waals surface area (Å²) < 4.78 is 7.39. The third kappa shape index (κ3) is 5.74. The first-order valence-corrected chi connectivity index (χ1v) is 12.5. The molecule has 0 aliphatic carbocycles. The smallest absolute Gasteiger partial charge is 0.247 e. The maximum Gasteiger partial charge on any atom is 0.247 e. The fourth-order valence-electron chi connectivity index (χ4n) is 4.11. The third-order valence-corrected chi connectivity index (χ3v) is 6.46. The van der Waals surface area contributed by atoms with Crippen LogP contribution in [-0.4, -0.2) is 66.7 Å². The number of ether oxygens (including phenoxy) is 1. The van der Waals surface area contributed by atoms with Crippen LogP contribution in [0.4, 0.5) is 23.0 Å². The number of benzene rings is 2. The van der Waals surface area contributed by atoms with Crippen LogP contribution >= 0.6 is 11.6 Å². The number of aryl methyl sites for hydroxylation is 1. The van der Waals surface area contributed by atoms with Gasteiger partial charge in [0.2, 0.25) is 11.9 Å². The number of aromatic nitrogens is 3. The highest BCUT2D eigenvalue weighted by Crippen LogP contribution is 2.34. The number of anilines is 4. The van der Waals surface area contributed by atoms with Crippen LogP contribution in [0.25, 0.3) is 16.7 Å². The van der Waals surface area contributed by atoms with Gasteiger partial charge in [0.25, 0.3) is 0 Å². The van der Waals surface area contributed by atoms with Gasteiger partial charge < -0.3 is 25.2 Å². The standard InChI is InChI=1S/C28H32ClN7O2/c1-7-26(37)31-22-16-21(18(2)15-24(22)35(5)14-13-34(3)4)32-28-30-17-20(29)27(33-28)36-12-11-19-23(36)9-8-10-25(19)38-6/h7-12,15-17H,1,13-14H2,2-6H3,(H,31,37)(H,30,32,33). The molecule has 198 valence electrons. The molecule has 0 saturated carbocycles. The average Bonchev–Trinajstić information content (AvgIpc) is 3.34. The van der Waals surface area contributed by atoms with E-state index in [-0.39, 0.29) is 5.91 Å². The highest BCUT2D eigenvalue weighted by atomic mass is 35.5. The molecule has 0 bridgehead atoms. The highest BCUT2D eigenvalue weighted by Gasteiger charge is 2.16. The number of carbonyl (C=O) groups excluding carboxylic acids is 1. The van der Waals surface area contributed by atoms with Gasteiger partial charge >= 0.3 is 0 Å². The Labute approximate surface area is 227 Å². The Kier molecular flexibility index (Phi) is 8.19. The number of hydrogen-bond donors (Lipinski definition) is 2. The molecular formula is C28H32ClN7O2. The highest BCUT2D eigenvalue weighted by molar-refractivity contribution is 6.32. The lowest BCUT2D eigenvalue weighted by atomic mass is 10.1. The molecular weight excluding hydrogens is 502 g/mol. The molecule has 2 aromatic carbocycles. The number of nitrogens with zero attached hydrogens (tertiary/aromatic N) is 5. The van der Waals surface area contributed by atoms with E-state index in [0.717, 1.165) is 46.7 Å². The minimum atomic E-state index is -0.290. The van der Waals surface area contributed by atoms with Crippen molar-refractivity contribution in [3.8, 4) is 11.6 Å². The number of fused-ring (bicyclic) bond motifs is 1. The lowest BCUT2D eigenvalue weighted by Crippen LogP contribution is -2.29. The Bertz CT molecular complexity index is 1480. The van der Waals surface area contributed by atoms with E-state index >= 15 is 0 Å². The van der Waals surface area contributed by atoms with Crippen molar-refractivity contribution in [3.63, 3.8) is 0 Å². The van der Waals surface area contributed by atoms with Crippen LogP contribution in [0.1, 0.15) is 5.56 Å². The quantitative estimate of drug-likeness (QED) is 0.269. The molecule has 0 atom stereocenters. The molecule has 2 heterocycles. The van der Waals surface area contributed by atoms with Crippen LogP contribution in [0.3, 0.4) is 0 Å². The van der Waals surface area contributed by atoms with Gasteiger partial charge in [-0.15, -0.1) is 0 Å². The molecule has 9 nitrogen and oxygen atoms in total. The number of methoxy groups -OCH3 is 1. The zero-order valence-electron chi connectivity index (χ0n) is 22.2. The second-order valence-electron chi connectivity index (χ2n) is 9.17. The van der Waals surface area contributed by atoms with Crippen LogP contribution in [0.5, 0.6) is 5.75 Å². The predicted molar refractivity (Wildman–Crippen MR) is 156 cm³/mol. The molecule has 0 saturated heterocycles. The van der Waals surface area contributed by atoms with Crippen molar-refractivity contribution >= 4 is 51.4 Å². The van der Waals surface area contributed by atoms with Crippen molar-refractivity contribution in [2.45, 2.75) is 6.92 Å². The summed E-state index contributed by atoms with van der Waals surface area (Å²) in [5, 5.41) is 7.58. The van der Waals surface area contributed by atoms with Gasteiger partial charge in [0.1, 0.15) is 10.8 Å². The molecule has 38 heavy (non-hydrogen) atoms. The Balaban J connectivity index is 1.70. The summed E-state index contributed by atoms with van der Waals surface area (Å²) in [6, 6.07) is 11.7. The molecule has 4 aromatic rings. The Hall–Kier alpha value is -4.08. The van der Waals surface area contributed by atoms with Crippen LogP contribution in [0.2, 0.25) is 5.02 Å². The maximum atomic E-state index is 12.2. The second-order valence-corrected chi connectivity index (χ2v) is 9.58. The van der Waals surface area contributed by atoms with Crippen molar-refractivity contribution in [1.82, 2.24) is 19.4 Å². The van der Waals surface area contributed by atoms with Gasteiger partial charge in [-0.3, -0.25) is 9.36 Å². The molecule has 2 aromatic heterocycles. The molecule has 0 radical (unpaired) electrons. The zero-order chi connectivity index (χ0) is 27.4. The van der Waals surface area contributed by atoms with Crippen LogP contribution in [-0.2, 0) is 4.79 Å². The summed E-state index contributed by atoms with van der Waals surface area (Å²) in [7, 11) is 7.70. The van der Waals surface area contributed by atoms with E-state index in [0.29, 0.717) is 22.5 Å². The van der Waals surface area contributed by atoms with Gasteiger partial charge in [0, 0.05) is 37.4 Å². The number of carbonyl (C=O) groups is 1. The number of likely N-dealkylation sites (N-methyl/N-ethyl adjacent to an activating group) is 2. The number of halogens is 1. The molecule has 1 amide bonds. The zero-order valence-corrected chi connectivity index (χ0v) is 23.0. The summed E-state index contributed by atoms with van der Waals surface area (Å²) >= 11 is 6.53. The Morgan fingerprint density at radius 1 is 1.18 bits per heavy atom. The van der Waals surface area contributed by atoms with Crippen molar-refractivity contribution in [1.29, 1.82) is 0 Å². The normalized spacial score (nSPS) is 11.0. The van der Waals surface area contributed by atoms with Crippen molar-refractivity contribution < 1.29 is 9.53 Å². The molecule has 0 aliphatic heterocycles. The van der Waals surface area contributed by atoms with E-state index in [1.54, 1.807) is 13.3 Å². The van der Waals surface area contributed by atoms with Crippen molar-refractivity contribution in [2.75, 3.05) is 56.9 Å². The van der Waals surface area contributed by atoms with Gasteiger partial charge in [-0.25, -0.2) is 4.98 Å². The fourth-order valence-corrected chi connectivity index (χ4v) is 4.29. The summed E-state index contributed by atoms with van der Waals surface area (Å²) in [5.74, 6) is 1.38. The van der Waals surface area contributed by atoms with E-state index in [2.05, 4.69) is 32.0 Å². The minimum absolute atomic E-state index is 0.290. The first kappa shape index (κ1) is 27.0. The summed E-state index contributed by atoms with van der Waals surface area (Å²) in [6.45, 7) is 7.23. The summed E-state index contributed by atoms with van der Waals surface area (Å²) in [4.78, 5) is 25.6. The third-order valence-electron chi connectivity index (χ3n) is 6.19. The Morgan fingerprint density at radius 3 is 2.68 bits per heavy atom. The molecule has 0 fully saturated rings. The lowest BCUT2D eigenvalue weighted by molar-refractivity contribution is -0.111. The largest absolute Gasteiger partial charge is 0.496 e. The van der Waals surface area contributed by atoms with Crippen molar-refractivity contribution in [3.05, 3.63) is 72.0 Å². The van der Waals surface area contributed by atoms with E-state index in [1.165, 1.54) is 6.08 Å². The van der Waals surface area contributed by atoms with E-state index in [1.807, 2.05) is 75.2 Å². The minimum Gasteiger partial charge on any atom is -0.496 e. The van der Waals surface area contributed by atoms with Gasteiger partial charge in [0.05, 0.1) is 30.2 Å². The molecule has 4 rings (SSSR count). The second kappa shape index (κ2) is 11.5. The fraction of sp³-hybridized carbons (Fsp3) is 0.250. The first-order chi connectivity index (χ1) is 18.2. The van der Waals surface area contributed by atoms with E-state index in [9.17, 15) is 4.79 Å². The SMILES string of the molecule is C=CC(=O)Nc1cc(Nc2ncc(Cl)c(-n3ccc4c(OC)cccc43)n2)c(C)cc1N(C)CCN(C)C. The topological polar surface area (TPSA) is 87.5 Å². The summed E-state index contributed by atoms with van der Waals surface area (Å²) in [5.41, 5.74) is 4.18. The summed E-state index contributed by atoms with van der Waals surface area (Å²) in [6.07, 6.45) is 4.72. The molecule has 2 N–H and O–H groups in total. The predicted octanol–water partition coefficient (Wildman–Crippen LogP) is 5.26. The van der Waals surface area contributed by atoms with Crippen LogP contribution < -0.4 is 20.3 Å².